The van der Waals surface area contributed by atoms with Gasteiger partial charge < -0.3 is 20.2 Å². The summed E-state index contributed by atoms with van der Waals surface area (Å²) in [6.45, 7) is 0. The molecule has 1 aliphatic rings. The third kappa shape index (κ3) is 2.96. The molecule has 1 amide bonds. The van der Waals surface area contributed by atoms with E-state index in [1.807, 2.05) is 24.3 Å². The average molecular weight is 386 g/mol. The number of benzene rings is 2. The lowest BCUT2D eigenvalue weighted by molar-refractivity contribution is -0.115. The van der Waals surface area contributed by atoms with E-state index in [1.165, 1.54) is 12.1 Å². The van der Waals surface area contributed by atoms with Crippen molar-refractivity contribution in [1.82, 2.24) is 9.97 Å². The molecule has 8 heteroatoms. The summed E-state index contributed by atoms with van der Waals surface area (Å²) in [6.07, 6.45) is 1.74. The number of carbonyl (C=O) groups excluding carboxylic acids is 1. The van der Waals surface area contributed by atoms with E-state index < -0.39 is 5.97 Å². The molecule has 0 bridgehead atoms. The summed E-state index contributed by atoms with van der Waals surface area (Å²) in [5, 5.41) is 15.8. The summed E-state index contributed by atoms with van der Waals surface area (Å²) in [5.41, 5.74) is 3.28. The van der Waals surface area contributed by atoms with Gasteiger partial charge in [-0.15, -0.1) is 0 Å². The molecule has 0 saturated carbocycles. The van der Waals surface area contributed by atoms with Crippen LogP contribution in [0.3, 0.4) is 0 Å². The number of nitrogens with one attached hydrogen (secondary N) is 2. The lowest BCUT2D eigenvalue weighted by Gasteiger charge is -2.08. The van der Waals surface area contributed by atoms with Crippen molar-refractivity contribution >= 4 is 40.2 Å². The van der Waals surface area contributed by atoms with Crippen LogP contribution >= 0.6 is 0 Å². The number of carbonyl (C=O) groups is 2. The SMILES string of the molecule is O=C1Cc2cnc(Nc3ccc(C(=O)O)cc3)nc2-c2oc3ccccc3c2N1. The zero-order valence-corrected chi connectivity index (χ0v) is 15.0. The number of aromatic carboxylic acids is 1. The molecule has 3 heterocycles. The quantitative estimate of drug-likeness (QED) is 0.490. The van der Waals surface area contributed by atoms with Gasteiger partial charge in [-0.05, 0) is 36.4 Å². The van der Waals surface area contributed by atoms with Gasteiger partial charge in [0.1, 0.15) is 11.3 Å². The van der Waals surface area contributed by atoms with Crippen LogP contribution in [0.25, 0.3) is 22.4 Å². The molecular weight excluding hydrogens is 372 g/mol. The van der Waals surface area contributed by atoms with Crippen molar-refractivity contribution in [2.45, 2.75) is 6.42 Å². The van der Waals surface area contributed by atoms with Gasteiger partial charge in [0.2, 0.25) is 11.9 Å². The fourth-order valence-electron chi connectivity index (χ4n) is 3.31. The predicted molar refractivity (Wildman–Crippen MR) is 106 cm³/mol. The van der Waals surface area contributed by atoms with Crippen molar-refractivity contribution in [3.63, 3.8) is 0 Å². The Labute approximate surface area is 164 Å². The van der Waals surface area contributed by atoms with Gasteiger partial charge in [0, 0.05) is 22.8 Å². The van der Waals surface area contributed by atoms with E-state index in [2.05, 4.69) is 20.6 Å². The molecule has 0 saturated heterocycles. The topological polar surface area (TPSA) is 117 Å². The highest BCUT2D eigenvalue weighted by atomic mass is 16.4. The van der Waals surface area contributed by atoms with Crippen LogP contribution in [0.4, 0.5) is 17.3 Å². The maximum atomic E-state index is 12.3. The molecule has 0 aliphatic carbocycles. The summed E-state index contributed by atoms with van der Waals surface area (Å²) in [6, 6.07) is 13.7. The third-order valence-corrected chi connectivity index (χ3v) is 4.68. The number of furan rings is 1. The van der Waals surface area contributed by atoms with Crippen molar-refractivity contribution in [3.05, 3.63) is 65.9 Å². The minimum Gasteiger partial charge on any atom is -0.478 e. The Morgan fingerprint density at radius 3 is 2.72 bits per heavy atom. The molecule has 5 rings (SSSR count). The van der Waals surface area contributed by atoms with Crippen molar-refractivity contribution in [2.75, 3.05) is 10.6 Å². The minimum absolute atomic E-state index is 0.140. The number of carboxylic acid groups (broad SMARTS) is 1. The summed E-state index contributed by atoms with van der Waals surface area (Å²) in [5.74, 6) is -0.358. The summed E-state index contributed by atoms with van der Waals surface area (Å²) in [4.78, 5) is 32.2. The molecule has 0 atom stereocenters. The highest BCUT2D eigenvalue weighted by molar-refractivity contribution is 6.08. The van der Waals surface area contributed by atoms with Crippen molar-refractivity contribution < 1.29 is 19.1 Å². The smallest absolute Gasteiger partial charge is 0.335 e. The van der Waals surface area contributed by atoms with Crippen LogP contribution in [0.15, 0.2) is 59.1 Å². The number of amides is 1. The first-order valence-corrected chi connectivity index (χ1v) is 8.86. The van der Waals surface area contributed by atoms with Crippen molar-refractivity contribution in [2.24, 2.45) is 0 Å². The van der Waals surface area contributed by atoms with Gasteiger partial charge in [0.25, 0.3) is 0 Å². The second-order valence-electron chi connectivity index (χ2n) is 6.60. The molecule has 4 aromatic rings. The number of rotatable bonds is 3. The third-order valence-electron chi connectivity index (χ3n) is 4.68. The number of fused-ring (bicyclic) bond motifs is 5. The van der Waals surface area contributed by atoms with Crippen LogP contribution in [0.1, 0.15) is 15.9 Å². The molecule has 1 aliphatic heterocycles. The van der Waals surface area contributed by atoms with Crippen molar-refractivity contribution in [3.8, 4) is 11.5 Å². The number of hydrogen-bond acceptors (Lipinski definition) is 6. The zero-order valence-electron chi connectivity index (χ0n) is 15.0. The highest BCUT2D eigenvalue weighted by Gasteiger charge is 2.26. The molecular formula is C21H14N4O4. The van der Waals surface area contributed by atoms with E-state index in [4.69, 9.17) is 9.52 Å². The van der Waals surface area contributed by atoms with Crippen LogP contribution in [0.5, 0.6) is 0 Å². The number of nitrogens with zero attached hydrogens (tertiary/aromatic N) is 2. The highest BCUT2D eigenvalue weighted by Crippen LogP contribution is 2.40. The minimum atomic E-state index is -0.993. The number of hydrogen-bond donors (Lipinski definition) is 3. The standard InChI is InChI=1S/C21H14N4O4/c26-16-9-12-10-22-21(23-13-7-5-11(6-8-13)20(27)28)25-17(12)19-18(24-16)14-3-1-2-4-15(14)29-19/h1-8,10H,9H2,(H,24,26)(H,27,28)(H,22,23,25). The molecule has 29 heavy (non-hydrogen) atoms. The molecule has 2 aromatic heterocycles. The average Bonchev–Trinajstić information content (AvgIpc) is 3.01. The van der Waals surface area contributed by atoms with E-state index in [-0.39, 0.29) is 17.9 Å². The Morgan fingerprint density at radius 2 is 1.93 bits per heavy atom. The lowest BCUT2D eigenvalue weighted by Crippen LogP contribution is -2.12. The normalized spacial score (nSPS) is 12.6. The van der Waals surface area contributed by atoms with Gasteiger partial charge in [-0.3, -0.25) is 4.79 Å². The second kappa shape index (κ2) is 6.45. The Kier molecular flexibility index (Phi) is 3.77. The van der Waals surface area contributed by atoms with Crippen LogP contribution in [0.2, 0.25) is 0 Å². The van der Waals surface area contributed by atoms with E-state index in [9.17, 15) is 9.59 Å². The molecule has 0 spiro atoms. The summed E-state index contributed by atoms with van der Waals surface area (Å²) in [7, 11) is 0. The number of para-hydroxylation sites is 1. The first-order chi connectivity index (χ1) is 14.1. The van der Waals surface area contributed by atoms with Gasteiger partial charge in [-0.25, -0.2) is 14.8 Å². The maximum absolute atomic E-state index is 12.3. The number of anilines is 3. The van der Waals surface area contributed by atoms with Crippen LogP contribution < -0.4 is 10.6 Å². The molecule has 0 radical (unpaired) electrons. The first-order valence-electron chi connectivity index (χ1n) is 8.86. The molecule has 2 aromatic carbocycles. The molecule has 142 valence electrons. The zero-order chi connectivity index (χ0) is 20.0. The summed E-state index contributed by atoms with van der Waals surface area (Å²) >= 11 is 0. The van der Waals surface area contributed by atoms with Gasteiger partial charge >= 0.3 is 5.97 Å². The fraction of sp³-hybridized carbons (Fsp3) is 0.0476. The fourth-order valence-corrected chi connectivity index (χ4v) is 3.31. The van der Waals surface area contributed by atoms with Gasteiger partial charge in [0.15, 0.2) is 5.76 Å². The van der Waals surface area contributed by atoms with E-state index in [0.29, 0.717) is 39.9 Å². The monoisotopic (exact) mass is 386 g/mol. The second-order valence-corrected chi connectivity index (χ2v) is 6.60. The number of carboxylic acids is 1. The van der Waals surface area contributed by atoms with Crippen LogP contribution in [-0.2, 0) is 11.2 Å². The molecule has 8 nitrogen and oxygen atoms in total. The van der Waals surface area contributed by atoms with Gasteiger partial charge in [-0.1, -0.05) is 12.1 Å². The molecule has 3 N–H and O–H groups in total. The van der Waals surface area contributed by atoms with E-state index in [0.717, 1.165) is 5.39 Å². The van der Waals surface area contributed by atoms with E-state index in [1.54, 1.807) is 18.3 Å². The first kappa shape index (κ1) is 16.9. The van der Waals surface area contributed by atoms with Crippen LogP contribution in [-0.4, -0.2) is 27.0 Å². The van der Waals surface area contributed by atoms with Crippen LogP contribution in [0, 0.1) is 0 Å². The lowest BCUT2D eigenvalue weighted by atomic mass is 10.1. The van der Waals surface area contributed by atoms with Gasteiger partial charge in [0.05, 0.1) is 17.7 Å². The molecule has 0 unspecified atom stereocenters. The Hall–Kier alpha value is -4.20. The Balaban J connectivity index is 1.58. The Bertz CT molecular complexity index is 1280. The molecule has 0 fully saturated rings. The number of aromatic nitrogens is 2. The largest absolute Gasteiger partial charge is 0.478 e. The van der Waals surface area contributed by atoms with E-state index >= 15 is 0 Å². The van der Waals surface area contributed by atoms with Gasteiger partial charge in [-0.2, -0.15) is 0 Å². The summed E-state index contributed by atoms with van der Waals surface area (Å²) < 4.78 is 5.99. The Morgan fingerprint density at radius 1 is 1.14 bits per heavy atom. The predicted octanol–water partition coefficient (Wildman–Crippen LogP) is 3.83. The van der Waals surface area contributed by atoms with Crippen molar-refractivity contribution in [1.29, 1.82) is 0 Å². The maximum Gasteiger partial charge on any atom is 0.335 e.